The van der Waals surface area contributed by atoms with Crippen LogP contribution in [0.1, 0.15) is 45.4 Å². The monoisotopic (exact) mass is 168 g/mol. The van der Waals surface area contributed by atoms with Gasteiger partial charge in [0.1, 0.15) is 0 Å². The van der Waals surface area contributed by atoms with Gasteiger partial charge in [0.25, 0.3) is 0 Å². The molecule has 1 heteroatoms. The van der Waals surface area contributed by atoms with Crippen molar-refractivity contribution in [2.75, 3.05) is 13.7 Å². The highest BCUT2D eigenvalue weighted by Gasteiger charge is 1.82. The summed E-state index contributed by atoms with van der Waals surface area (Å²) >= 11 is 0. The summed E-state index contributed by atoms with van der Waals surface area (Å²) in [6.07, 6.45) is 6.98. The molecule has 0 bridgehead atoms. The van der Waals surface area contributed by atoms with Gasteiger partial charge in [0, 0.05) is 26.6 Å². The van der Waals surface area contributed by atoms with Crippen LogP contribution in [0.2, 0.25) is 0 Å². The minimum Gasteiger partial charge on any atom is -0.385 e. The van der Waals surface area contributed by atoms with E-state index in [0.717, 1.165) is 25.9 Å². The lowest BCUT2D eigenvalue weighted by atomic mass is 10.2. The summed E-state index contributed by atoms with van der Waals surface area (Å²) in [5, 5.41) is 0. The summed E-state index contributed by atoms with van der Waals surface area (Å²) in [7, 11) is 1.73. The normalized spacial score (nSPS) is 9.17. The van der Waals surface area contributed by atoms with Crippen LogP contribution in [-0.4, -0.2) is 13.7 Å². The molecule has 70 valence electrons. The minimum absolute atomic E-state index is 0.837. The maximum Gasteiger partial charge on any atom is 0.0471 e. The lowest BCUT2D eigenvalue weighted by Gasteiger charge is -1.91. The molecule has 0 fully saturated rings. The van der Waals surface area contributed by atoms with Gasteiger partial charge < -0.3 is 4.74 Å². The molecule has 0 rings (SSSR count). The molecular weight excluding hydrogens is 148 g/mol. The van der Waals surface area contributed by atoms with Gasteiger partial charge in [-0.3, -0.25) is 0 Å². The van der Waals surface area contributed by atoms with Crippen molar-refractivity contribution in [1.82, 2.24) is 0 Å². The standard InChI is InChI=1S/C11H20O/c1-3-4-5-6-7-8-9-10-11-12-2/h3-6,9-11H2,1-2H3. The second kappa shape index (κ2) is 10.5. The molecule has 0 aliphatic heterocycles. The van der Waals surface area contributed by atoms with Gasteiger partial charge >= 0.3 is 0 Å². The largest absolute Gasteiger partial charge is 0.385 e. The zero-order chi connectivity index (χ0) is 9.07. The molecular formula is C11H20O. The molecule has 0 saturated heterocycles. The van der Waals surface area contributed by atoms with E-state index in [1.54, 1.807) is 7.11 Å². The third-order valence-electron chi connectivity index (χ3n) is 1.68. The Morgan fingerprint density at radius 3 is 2.25 bits per heavy atom. The number of methoxy groups -OCH3 is 1. The van der Waals surface area contributed by atoms with Gasteiger partial charge in [-0.25, -0.2) is 0 Å². The molecule has 1 nitrogen and oxygen atoms in total. The molecule has 0 amide bonds. The van der Waals surface area contributed by atoms with E-state index in [1.807, 2.05) is 0 Å². The van der Waals surface area contributed by atoms with E-state index < -0.39 is 0 Å². The summed E-state index contributed by atoms with van der Waals surface area (Å²) in [5.74, 6) is 6.32. The molecule has 0 unspecified atom stereocenters. The highest BCUT2D eigenvalue weighted by Crippen LogP contribution is 1.97. The lowest BCUT2D eigenvalue weighted by molar-refractivity contribution is 0.196. The van der Waals surface area contributed by atoms with Crippen molar-refractivity contribution in [3.8, 4) is 11.8 Å². The second-order valence-electron chi connectivity index (χ2n) is 2.91. The van der Waals surface area contributed by atoms with Crippen molar-refractivity contribution in [2.24, 2.45) is 0 Å². The minimum atomic E-state index is 0.837. The summed E-state index contributed by atoms with van der Waals surface area (Å²) in [4.78, 5) is 0. The number of unbranched alkanes of at least 4 members (excludes halogenated alkanes) is 4. The highest BCUT2D eigenvalue weighted by atomic mass is 16.5. The Labute approximate surface area is 76.5 Å². The third kappa shape index (κ3) is 9.52. The first-order valence-corrected chi connectivity index (χ1v) is 4.86. The average molecular weight is 168 g/mol. The summed E-state index contributed by atoms with van der Waals surface area (Å²) < 4.78 is 4.92. The molecule has 0 N–H and O–H groups in total. The van der Waals surface area contributed by atoms with Gasteiger partial charge in [0.15, 0.2) is 0 Å². The fourth-order valence-electron chi connectivity index (χ4n) is 0.945. The van der Waals surface area contributed by atoms with E-state index >= 15 is 0 Å². The van der Waals surface area contributed by atoms with Gasteiger partial charge in [-0.1, -0.05) is 19.8 Å². The van der Waals surface area contributed by atoms with Gasteiger partial charge in [-0.2, -0.15) is 0 Å². The maximum atomic E-state index is 4.92. The zero-order valence-corrected chi connectivity index (χ0v) is 8.36. The van der Waals surface area contributed by atoms with Crippen LogP contribution < -0.4 is 0 Å². The number of hydrogen-bond acceptors (Lipinski definition) is 1. The fraction of sp³-hybridized carbons (Fsp3) is 0.818. The molecule has 0 radical (unpaired) electrons. The quantitative estimate of drug-likeness (QED) is 0.437. The van der Waals surface area contributed by atoms with Gasteiger partial charge in [0.2, 0.25) is 0 Å². The first-order valence-electron chi connectivity index (χ1n) is 4.86. The van der Waals surface area contributed by atoms with E-state index in [1.165, 1.54) is 19.3 Å². The van der Waals surface area contributed by atoms with E-state index in [2.05, 4.69) is 18.8 Å². The Bertz CT molecular complexity index is 116. The molecule has 0 atom stereocenters. The number of rotatable bonds is 6. The van der Waals surface area contributed by atoms with Crippen LogP contribution >= 0.6 is 0 Å². The van der Waals surface area contributed by atoms with Gasteiger partial charge in [0.05, 0.1) is 0 Å². The SMILES string of the molecule is CCCCCC#CCCCOC. The van der Waals surface area contributed by atoms with Gasteiger partial charge in [-0.15, -0.1) is 11.8 Å². The fourth-order valence-corrected chi connectivity index (χ4v) is 0.945. The Morgan fingerprint density at radius 2 is 1.67 bits per heavy atom. The Balaban J connectivity index is 3.01. The summed E-state index contributed by atoms with van der Waals surface area (Å²) in [6.45, 7) is 3.05. The molecule has 0 spiro atoms. The molecule has 0 heterocycles. The van der Waals surface area contributed by atoms with E-state index in [0.29, 0.717) is 0 Å². The molecule has 0 aliphatic rings. The Hall–Kier alpha value is -0.480. The average Bonchev–Trinajstić information content (AvgIpc) is 2.10. The van der Waals surface area contributed by atoms with Crippen molar-refractivity contribution in [1.29, 1.82) is 0 Å². The van der Waals surface area contributed by atoms with Crippen LogP contribution in [-0.2, 0) is 4.74 Å². The summed E-state index contributed by atoms with van der Waals surface area (Å²) in [6, 6.07) is 0. The van der Waals surface area contributed by atoms with E-state index in [-0.39, 0.29) is 0 Å². The lowest BCUT2D eigenvalue weighted by Crippen LogP contribution is -1.85. The molecule has 12 heavy (non-hydrogen) atoms. The molecule has 0 aromatic heterocycles. The number of hydrogen-bond donors (Lipinski definition) is 0. The van der Waals surface area contributed by atoms with Crippen LogP contribution in [0.4, 0.5) is 0 Å². The highest BCUT2D eigenvalue weighted by molar-refractivity contribution is 4.98. The van der Waals surface area contributed by atoms with Crippen molar-refractivity contribution in [2.45, 2.75) is 45.4 Å². The van der Waals surface area contributed by atoms with Crippen molar-refractivity contribution >= 4 is 0 Å². The molecule has 0 aliphatic carbocycles. The van der Waals surface area contributed by atoms with E-state index in [9.17, 15) is 0 Å². The first kappa shape index (κ1) is 11.5. The van der Waals surface area contributed by atoms with Crippen LogP contribution in [0, 0.1) is 11.8 Å². The topological polar surface area (TPSA) is 9.23 Å². The second-order valence-corrected chi connectivity index (χ2v) is 2.91. The Morgan fingerprint density at radius 1 is 1.00 bits per heavy atom. The van der Waals surface area contributed by atoms with Crippen molar-refractivity contribution < 1.29 is 4.74 Å². The first-order chi connectivity index (χ1) is 5.91. The molecule has 0 aromatic rings. The predicted octanol–water partition coefficient (Wildman–Crippen LogP) is 3.00. The summed E-state index contributed by atoms with van der Waals surface area (Å²) in [5.41, 5.74) is 0. The third-order valence-corrected chi connectivity index (χ3v) is 1.68. The van der Waals surface area contributed by atoms with Crippen LogP contribution in [0.25, 0.3) is 0 Å². The van der Waals surface area contributed by atoms with Crippen molar-refractivity contribution in [3.05, 3.63) is 0 Å². The van der Waals surface area contributed by atoms with Crippen LogP contribution in [0.15, 0.2) is 0 Å². The van der Waals surface area contributed by atoms with Gasteiger partial charge in [-0.05, 0) is 12.8 Å². The van der Waals surface area contributed by atoms with E-state index in [4.69, 9.17) is 4.74 Å². The molecule has 0 aromatic carbocycles. The number of ether oxygens (including phenoxy) is 1. The molecule has 0 saturated carbocycles. The Kier molecular flexibility index (Phi) is 10.1. The smallest absolute Gasteiger partial charge is 0.0471 e. The zero-order valence-electron chi connectivity index (χ0n) is 8.36. The van der Waals surface area contributed by atoms with Crippen molar-refractivity contribution in [3.63, 3.8) is 0 Å². The van der Waals surface area contributed by atoms with Crippen LogP contribution in [0.5, 0.6) is 0 Å². The predicted molar refractivity (Wildman–Crippen MR) is 53.0 cm³/mol. The van der Waals surface area contributed by atoms with Crippen LogP contribution in [0.3, 0.4) is 0 Å². The maximum absolute atomic E-state index is 4.92.